The SMILES string of the molecule is CN(C)c1ccc2[nH]c(C3NCC4CCCC43)nc2n1. The van der Waals surface area contributed by atoms with E-state index in [1.807, 2.05) is 25.1 Å². The highest BCUT2D eigenvalue weighted by Crippen LogP contribution is 2.43. The van der Waals surface area contributed by atoms with Crippen LogP contribution in [0, 0.1) is 11.8 Å². The highest BCUT2D eigenvalue weighted by atomic mass is 15.2. The van der Waals surface area contributed by atoms with Crippen molar-refractivity contribution in [1.82, 2.24) is 20.3 Å². The molecule has 0 radical (unpaired) electrons. The fourth-order valence-electron chi connectivity index (χ4n) is 3.78. The molecule has 2 aromatic rings. The summed E-state index contributed by atoms with van der Waals surface area (Å²) in [7, 11) is 4.01. The highest BCUT2D eigenvalue weighted by molar-refractivity contribution is 5.73. The summed E-state index contributed by atoms with van der Waals surface area (Å²) in [5.41, 5.74) is 1.86. The third-order valence-electron chi connectivity index (χ3n) is 4.85. The van der Waals surface area contributed by atoms with Gasteiger partial charge in [-0.3, -0.25) is 0 Å². The normalized spacial score (nSPS) is 29.0. The molecule has 2 aliphatic rings. The second-order valence-corrected chi connectivity index (χ2v) is 6.30. The van der Waals surface area contributed by atoms with Gasteiger partial charge < -0.3 is 15.2 Å². The second kappa shape index (κ2) is 4.45. The molecule has 0 amide bonds. The molecule has 4 rings (SSSR count). The maximum Gasteiger partial charge on any atom is 0.179 e. The maximum absolute atomic E-state index is 4.74. The molecule has 1 aliphatic heterocycles. The number of fused-ring (bicyclic) bond motifs is 2. The Hall–Kier alpha value is -1.62. The van der Waals surface area contributed by atoms with Gasteiger partial charge in [0.15, 0.2) is 5.65 Å². The van der Waals surface area contributed by atoms with Gasteiger partial charge in [0, 0.05) is 14.1 Å². The lowest BCUT2D eigenvalue weighted by Gasteiger charge is -2.15. The van der Waals surface area contributed by atoms with E-state index in [-0.39, 0.29) is 0 Å². The lowest BCUT2D eigenvalue weighted by Crippen LogP contribution is -2.19. The first-order valence-electron chi connectivity index (χ1n) is 7.50. The van der Waals surface area contributed by atoms with Gasteiger partial charge in [0.1, 0.15) is 11.6 Å². The van der Waals surface area contributed by atoms with Crippen LogP contribution >= 0.6 is 0 Å². The molecule has 0 bridgehead atoms. The minimum absolute atomic E-state index is 0.388. The fraction of sp³-hybridized carbons (Fsp3) is 0.600. The molecule has 1 aliphatic carbocycles. The molecule has 0 aromatic carbocycles. The Morgan fingerprint density at radius 3 is 2.95 bits per heavy atom. The van der Waals surface area contributed by atoms with Crippen molar-refractivity contribution < 1.29 is 0 Å². The van der Waals surface area contributed by atoms with Gasteiger partial charge in [-0.25, -0.2) is 9.97 Å². The van der Waals surface area contributed by atoms with Gasteiger partial charge >= 0.3 is 0 Å². The zero-order valence-corrected chi connectivity index (χ0v) is 12.1. The molecule has 2 aromatic heterocycles. The van der Waals surface area contributed by atoms with Crippen LogP contribution < -0.4 is 10.2 Å². The van der Waals surface area contributed by atoms with Crippen LogP contribution in [0.4, 0.5) is 5.82 Å². The van der Waals surface area contributed by atoms with Crippen LogP contribution in [0.2, 0.25) is 0 Å². The smallest absolute Gasteiger partial charge is 0.179 e. The molecule has 5 nitrogen and oxygen atoms in total. The van der Waals surface area contributed by atoms with E-state index < -0.39 is 0 Å². The summed E-state index contributed by atoms with van der Waals surface area (Å²) < 4.78 is 0. The average Bonchev–Trinajstić information content (AvgIpc) is 3.11. The first kappa shape index (κ1) is 12.1. The molecule has 2 fully saturated rings. The molecule has 3 atom stereocenters. The van der Waals surface area contributed by atoms with Crippen LogP contribution in [0.5, 0.6) is 0 Å². The van der Waals surface area contributed by atoms with Crippen LogP contribution in [-0.4, -0.2) is 35.6 Å². The van der Waals surface area contributed by atoms with Gasteiger partial charge in [0.05, 0.1) is 11.6 Å². The monoisotopic (exact) mass is 271 g/mol. The van der Waals surface area contributed by atoms with Crippen molar-refractivity contribution in [2.75, 3.05) is 25.5 Å². The Morgan fingerprint density at radius 1 is 1.20 bits per heavy atom. The Kier molecular flexibility index (Phi) is 2.70. The Morgan fingerprint density at radius 2 is 2.10 bits per heavy atom. The van der Waals surface area contributed by atoms with Crippen LogP contribution in [0.25, 0.3) is 11.2 Å². The van der Waals surface area contributed by atoms with E-state index in [2.05, 4.69) is 21.4 Å². The van der Waals surface area contributed by atoms with E-state index in [1.165, 1.54) is 19.3 Å². The van der Waals surface area contributed by atoms with Gasteiger partial charge in [-0.2, -0.15) is 0 Å². The Labute approximate surface area is 118 Å². The molecule has 5 heteroatoms. The van der Waals surface area contributed by atoms with E-state index in [0.29, 0.717) is 6.04 Å². The van der Waals surface area contributed by atoms with Gasteiger partial charge in [-0.1, -0.05) is 6.42 Å². The maximum atomic E-state index is 4.74. The average molecular weight is 271 g/mol. The number of aromatic nitrogens is 3. The fourth-order valence-corrected chi connectivity index (χ4v) is 3.78. The standard InChI is InChI=1S/C15H21N5/c1-20(2)12-7-6-11-14(18-12)19-15(17-11)13-10-5-3-4-9(10)8-16-13/h6-7,9-10,13,16H,3-5,8H2,1-2H3,(H,17,18,19). The number of imidazole rings is 1. The van der Waals surface area contributed by atoms with Gasteiger partial charge in [-0.05, 0) is 43.4 Å². The number of aromatic amines is 1. The number of hydrogen-bond acceptors (Lipinski definition) is 4. The van der Waals surface area contributed by atoms with Crippen molar-refractivity contribution in [2.24, 2.45) is 11.8 Å². The van der Waals surface area contributed by atoms with Gasteiger partial charge in [-0.15, -0.1) is 0 Å². The van der Waals surface area contributed by atoms with Crippen LogP contribution in [0.15, 0.2) is 12.1 Å². The summed E-state index contributed by atoms with van der Waals surface area (Å²) >= 11 is 0. The number of H-pyrrole nitrogens is 1. The second-order valence-electron chi connectivity index (χ2n) is 6.30. The molecule has 106 valence electrons. The molecule has 3 unspecified atom stereocenters. The van der Waals surface area contributed by atoms with E-state index >= 15 is 0 Å². The number of hydrogen-bond donors (Lipinski definition) is 2. The summed E-state index contributed by atoms with van der Waals surface area (Å²) in [4.78, 5) is 14.8. The molecular formula is C15H21N5. The minimum Gasteiger partial charge on any atom is -0.363 e. The molecule has 1 saturated heterocycles. The van der Waals surface area contributed by atoms with E-state index in [4.69, 9.17) is 4.98 Å². The number of nitrogens with one attached hydrogen (secondary N) is 2. The molecule has 2 N–H and O–H groups in total. The van der Waals surface area contributed by atoms with E-state index in [0.717, 1.165) is 41.2 Å². The van der Waals surface area contributed by atoms with Gasteiger partial charge in [0.25, 0.3) is 0 Å². The third kappa shape index (κ3) is 1.80. The summed E-state index contributed by atoms with van der Waals surface area (Å²) in [5.74, 6) is 3.62. The number of rotatable bonds is 2. The summed E-state index contributed by atoms with van der Waals surface area (Å²) in [5, 5.41) is 3.64. The van der Waals surface area contributed by atoms with E-state index in [9.17, 15) is 0 Å². The predicted octanol–water partition coefficient (Wildman–Crippen LogP) is 2.08. The van der Waals surface area contributed by atoms with Crippen molar-refractivity contribution in [3.8, 4) is 0 Å². The van der Waals surface area contributed by atoms with E-state index in [1.54, 1.807) is 0 Å². The van der Waals surface area contributed by atoms with Crippen LogP contribution in [0.3, 0.4) is 0 Å². The third-order valence-corrected chi connectivity index (χ3v) is 4.85. The van der Waals surface area contributed by atoms with Crippen LogP contribution in [0.1, 0.15) is 31.1 Å². The van der Waals surface area contributed by atoms with Crippen molar-refractivity contribution in [3.63, 3.8) is 0 Å². The van der Waals surface area contributed by atoms with Crippen molar-refractivity contribution in [3.05, 3.63) is 18.0 Å². The zero-order chi connectivity index (χ0) is 13.7. The summed E-state index contributed by atoms with van der Waals surface area (Å²) in [6, 6.07) is 4.50. The van der Waals surface area contributed by atoms with Crippen LogP contribution in [-0.2, 0) is 0 Å². The van der Waals surface area contributed by atoms with Crippen molar-refractivity contribution >= 4 is 17.0 Å². The van der Waals surface area contributed by atoms with Crippen molar-refractivity contribution in [1.29, 1.82) is 0 Å². The molecule has 3 heterocycles. The lowest BCUT2D eigenvalue weighted by molar-refractivity contribution is 0.410. The Balaban J connectivity index is 1.70. The predicted molar refractivity (Wildman–Crippen MR) is 79.8 cm³/mol. The Bertz CT molecular complexity index is 632. The zero-order valence-electron chi connectivity index (χ0n) is 12.1. The van der Waals surface area contributed by atoms with Crippen molar-refractivity contribution in [2.45, 2.75) is 25.3 Å². The summed E-state index contributed by atoms with van der Waals surface area (Å²) in [6.07, 6.45) is 4.07. The molecular weight excluding hydrogens is 250 g/mol. The first-order chi connectivity index (χ1) is 9.72. The quantitative estimate of drug-likeness (QED) is 0.878. The molecule has 0 spiro atoms. The number of anilines is 1. The largest absolute Gasteiger partial charge is 0.363 e. The first-order valence-corrected chi connectivity index (χ1v) is 7.50. The number of nitrogens with zero attached hydrogens (tertiary/aromatic N) is 3. The minimum atomic E-state index is 0.388. The highest BCUT2D eigenvalue weighted by Gasteiger charge is 2.40. The van der Waals surface area contributed by atoms with Gasteiger partial charge in [0.2, 0.25) is 0 Å². The summed E-state index contributed by atoms with van der Waals surface area (Å²) in [6.45, 7) is 1.14. The number of pyridine rings is 1. The molecule has 1 saturated carbocycles. The lowest BCUT2D eigenvalue weighted by atomic mass is 9.94. The topological polar surface area (TPSA) is 56.8 Å². The molecule has 20 heavy (non-hydrogen) atoms.